The summed E-state index contributed by atoms with van der Waals surface area (Å²) in [6.45, 7) is 7.78. The van der Waals surface area contributed by atoms with Gasteiger partial charge < -0.3 is 18.9 Å². The van der Waals surface area contributed by atoms with Crippen LogP contribution in [0.4, 0.5) is 5.69 Å². The van der Waals surface area contributed by atoms with Crippen LogP contribution in [0, 0.1) is 6.92 Å². The van der Waals surface area contributed by atoms with Crippen molar-refractivity contribution < 1.29 is 14.3 Å². The summed E-state index contributed by atoms with van der Waals surface area (Å²) in [5.41, 5.74) is 4.85. The van der Waals surface area contributed by atoms with E-state index in [-0.39, 0.29) is 5.97 Å². The lowest BCUT2D eigenvalue weighted by Crippen LogP contribution is -2.32. The first kappa shape index (κ1) is 27.8. The number of rotatable bonds is 12. The van der Waals surface area contributed by atoms with Gasteiger partial charge in [0.15, 0.2) is 0 Å². The molecule has 2 aromatic carbocycles. The van der Waals surface area contributed by atoms with Gasteiger partial charge in [-0.05, 0) is 50.6 Å². The van der Waals surface area contributed by atoms with Crippen molar-refractivity contribution in [3.63, 3.8) is 0 Å². The monoisotopic (exact) mass is 539 g/mol. The topological polar surface area (TPSA) is 56.6 Å². The molecule has 1 unspecified atom stereocenters. The molecule has 40 heavy (non-hydrogen) atoms. The van der Waals surface area contributed by atoms with E-state index in [4.69, 9.17) is 14.5 Å². The number of aromatic nitrogens is 2. The van der Waals surface area contributed by atoms with Crippen molar-refractivity contribution in [2.75, 3.05) is 25.6 Å². The Bertz CT molecular complexity index is 1510. The molecule has 3 heterocycles. The second-order valence-electron chi connectivity index (χ2n) is 10.9. The molecule has 6 heteroatoms. The summed E-state index contributed by atoms with van der Waals surface area (Å²) in [5.74, 6) is 0.321. The summed E-state index contributed by atoms with van der Waals surface area (Å²) in [7, 11) is 4.01. The second kappa shape index (κ2) is 11.7. The first-order valence-electron chi connectivity index (χ1n) is 14.7. The molecular weight excluding hydrogens is 498 g/mol. The highest BCUT2D eigenvalue weighted by Gasteiger charge is 2.54. The Morgan fingerprint density at radius 1 is 0.975 bits per heavy atom. The first-order chi connectivity index (χ1) is 19.4. The van der Waals surface area contributed by atoms with Crippen molar-refractivity contribution in [3.8, 4) is 5.75 Å². The van der Waals surface area contributed by atoms with Crippen molar-refractivity contribution in [3.05, 3.63) is 88.9 Å². The second-order valence-corrected chi connectivity index (χ2v) is 10.9. The quantitative estimate of drug-likeness (QED) is 0.137. The SMILES string of the molecule is CCCCCCCCn1c(C)c(C2(c3ccc(N(C)C)cc3OCC)OC(=O)c3cccnc32)c2ccccc21. The van der Waals surface area contributed by atoms with Gasteiger partial charge >= 0.3 is 5.97 Å². The highest BCUT2D eigenvalue weighted by atomic mass is 16.6. The standard InChI is InChI=1S/C34H41N3O3/c1-6-8-9-10-11-14-22-37-24(3)31(26-16-12-13-18-29(26)37)34(32-27(33(38)40-34)17-15-21-35-32)28-20-19-25(36(4)5)23-30(28)39-7-2/h12-13,15-21,23H,6-11,14,22H2,1-5H3. The molecule has 0 saturated heterocycles. The molecule has 210 valence electrons. The van der Waals surface area contributed by atoms with Crippen molar-refractivity contribution >= 4 is 22.6 Å². The van der Waals surface area contributed by atoms with Gasteiger partial charge in [-0.25, -0.2) is 4.79 Å². The van der Waals surface area contributed by atoms with Crippen LogP contribution in [0.2, 0.25) is 0 Å². The predicted molar refractivity (Wildman–Crippen MR) is 162 cm³/mol. The molecule has 0 spiro atoms. The van der Waals surface area contributed by atoms with E-state index in [1.165, 1.54) is 32.1 Å². The molecule has 4 aromatic rings. The maximum atomic E-state index is 13.5. The zero-order chi connectivity index (χ0) is 28.3. The van der Waals surface area contributed by atoms with Crippen LogP contribution in [0.1, 0.15) is 85.2 Å². The number of benzene rings is 2. The summed E-state index contributed by atoms with van der Waals surface area (Å²) in [5, 5.41) is 1.07. The summed E-state index contributed by atoms with van der Waals surface area (Å²) in [4.78, 5) is 20.4. The Labute approximate surface area is 237 Å². The van der Waals surface area contributed by atoms with E-state index >= 15 is 0 Å². The molecule has 2 aromatic heterocycles. The van der Waals surface area contributed by atoms with Crippen LogP contribution in [-0.4, -0.2) is 36.2 Å². The number of carbonyl (C=O) groups is 1. The Hall–Kier alpha value is -3.80. The minimum atomic E-state index is -1.24. The minimum Gasteiger partial charge on any atom is -0.493 e. The molecule has 6 nitrogen and oxygen atoms in total. The van der Waals surface area contributed by atoms with Gasteiger partial charge in [0, 0.05) is 66.3 Å². The molecule has 1 aliphatic heterocycles. The largest absolute Gasteiger partial charge is 0.493 e. The van der Waals surface area contributed by atoms with Gasteiger partial charge in [-0.1, -0.05) is 57.2 Å². The van der Waals surface area contributed by atoms with Crippen molar-refractivity contribution in [1.29, 1.82) is 0 Å². The van der Waals surface area contributed by atoms with E-state index in [1.807, 2.05) is 44.1 Å². The summed E-state index contributed by atoms with van der Waals surface area (Å²) < 4.78 is 15.2. The van der Waals surface area contributed by atoms with Gasteiger partial charge in [0.25, 0.3) is 0 Å². The van der Waals surface area contributed by atoms with Crippen LogP contribution < -0.4 is 9.64 Å². The highest BCUT2D eigenvalue weighted by Crippen LogP contribution is 2.52. The molecule has 0 saturated carbocycles. The van der Waals surface area contributed by atoms with E-state index < -0.39 is 5.60 Å². The molecule has 0 amide bonds. The number of anilines is 1. The minimum absolute atomic E-state index is 0.366. The van der Waals surface area contributed by atoms with Gasteiger partial charge in [0.1, 0.15) is 11.4 Å². The normalized spacial score (nSPS) is 16.3. The van der Waals surface area contributed by atoms with E-state index in [0.29, 0.717) is 23.6 Å². The maximum Gasteiger partial charge on any atom is 0.341 e. The fourth-order valence-corrected chi connectivity index (χ4v) is 6.15. The molecule has 0 radical (unpaired) electrons. The van der Waals surface area contributed by atoms with Crippen LogP contribution in [0.15, 0.2) is 60.8 Å². The van der Waals surface area contributed by atoms with E-state index in [9.17, 15) is 4.79 Å². The number of para-hydroxylation sites is 1. The van der Waals surface area contributed by atoms with Crippen LogP contribution in [0.5, 0.6) is 5.75 Å². The molecule has 0 aliphatic carbocycles. The van der Waals surface area contributed by atoms with Gasteiger partial charge in [-0.3, -0.25) is 4.98 Å². The van der Waals surface area contributed by atoms with Gasteiger partial charge in [0.2, 0.25) is 5.60 Å². The average Bonchev–Trinajstić information content (AvgIpc) is 3.41. The Balaban J connectivity index is 1.74. The fraction of sp³-hybridized carbons (Fsp3) is 0.412. The zero-order valence-electron chi connectivity index (χ0n) is 24.5. The third-order valence-corrected chi connectivity index (χ3v) is 8.09. The number of hydrogen-bond donors (Lipinski definition) is 0. The maximum absolute atomic E-state index is 13.5. The van der Waals surface area contributed by atoms with Crippen molar-refractivity contribution in [2.24, 2.45) is 0 Å². The first-order valence-corrected chi connectivity index (χ1v) is 14.7. The summed E-state index contributed by atoms with van der Waals surface area (Å²) >= 11 is 0. The summed E-state index contributed by atoms with van der Waals surface area (Å²) in [6.07, 6.45) is 9.14. The van der Waals surface area contributed by atoms with Crippen molar-refractivity contribution in [1.82, 2.24) is 9.55 Å². The lowest BCUT2D eigenvalue weighted by molar-refractivity contribution is 0.0238. The number of nitrogens with zero attached hydrogens (tertiary/aromatic N) is 3. The molecule has 0 bridgehead atoms. The van der Waals surface area contributed by atoms with Crippen molar-refractivity contribution in [2.45, 2.75) is 71.4 Å². The molecule has 0 fully saturated rings. The number of ether oxygens (including phenoxy) is 2. The smallest absolute Gasteiger partial charge is 0.341 e. The fourth-order valence-electron chi connectivity index (χ4n) is 6.15. The number of pyridine rings is 1. The number of hydrogen-bond acceptors (Lipinski definition) is 5. The number of cyclic esters (lactones) is 1. The number of esters is 1. The molecule has 0 N–H and O–H groups in total. The van der Waals surface area contributed by atoms with Crippen LogP contribution in [0.3, 0.4) is 0 Å². The van der Waals surface area contributed by atoms with Crippen LogP contribution in [-0.2, 0) is 16.9 Å². The van der Waals surface area contributed by atoms with Crippen LogP contribution >= 0.6 is 0 Å². The van der Waals surface area contributed by atoms with Gasteiger partial charge in [-0.2, -0.15) is 0 Å². The predicted octanol–water partition coefficient (Wildman–Crippen LogP) is 7.63. The van der Waals surface area contributed by atoms with Gasteiger partial charge in [-0.15, -0.1) is 0 Å². The van der Waals surface area contributed by atoms with Crippen LogP contribution in [0.25, 0.3) is 10.9 Å². The Morgan fingerprint density at radius 2 is 1.75 bits per heavy atom. The average molecular weight is 540 g/mol. The molecular formula is C34H41N3O3. The molecule has 1 aliphatic rings. The van der Waals surface area contributed by atoms with E-state index in [2.05, 4.69) is 48.7 Å². The summed E-state index contributed by atoms with van der Waals surface area (Å²) in [6, 6.07) is 18.2. The number of carbonyl (C=O) groups excluding carboxylic acids is 1. The molecule has 1 atom stereocenters. The lowest BCUT2D eigenvalue weighted by Gasteiger charge is -2.32. The van der Waals surface area contributed by atoms with E-state index in [1.54, 1.807) is 12.3 Å². The Kier molecular flexibility index (Phi) is 8.15. The lowest BCUT2D eigenvalue weighted by atomic mass is 9.80. The van der Waals surface area contributed by atoms with Gasteiger partial charge in [0.05, 0.1) is 12.2 Å². The number of aryl methyl sites for hydroxylation is 1. The number of fused-ring (bicyclic) bond motifs is 2. The number of unbranched alkanes of at least 4 members (excludes halogenated alkanes) is 5. The highest BCUT2D eigenvalue weighted by molar-refractivity contribution is 5.98. The third-order valence-electron chi connectivity index (χ3n) is 8.09. The van der Waals surface area contributed by atoms with E-state index in [0.717, 1.165) is 46.4 Å². The Morgan fingerprint density at radius 3 is 2.52 bits per heavy atom. The molecule has 5 rings (SSSR count). The third kappa shape index (κ3) is 4.74. The zero-order valence-corrected chi connectivity index (χ0v) is 24.5.